The first kappa shape index (κ1) is 13.5. The molecular weight excluding hydrogens is 270 g/mol. The maximum absolute atomic E-state index is 10.8. The summed E-state index contributed by atoms with van der Waals surface area (Å²) in [4.78, 5) is 16.8. The third-order valence-corrected chi connectivity index (χ3v) is 3.59. The van der Waals surface area contributed by atoms with Crippen LogP contribution in [0.15, 0.2) is 36.5 Å². The van der Waals surface area contributed by atoms with Gasteiger partial charge in [0, 0.05) is 25.7 Å². The molecule has 0 atom stereocenters. The molecule has 0 unspecified atom stereocenters. The number of rotatable bonds is 4. The molecule has 0 fully saturated rings. The number of benzene rings is 1. The Kier molecular flexibility index (Phi) is 3.53. The molecule has 6 heteroatoms. The van der Waals surface area contributed by atoms with E-state index in [4.69, 9.17) is 4.74 Å². The molecule has 6 nitrogen and oxygen atoms in total. The number of aromatic nitrogens is 1. The minimum Gasteiger partial charge on any atom is -0.497 e. The first-order valence-electron chi connectivity index (χ1n) is 6.63. The molecule has 0 spiro atoms. The van der Waals surface area contributed by atoms with E-state index in [0.717, 1.165) is 30.1 Å². The molecule has 0 amide bonds. The van der Waals surface area contributed by atoms with E-state index in [9.17, 15) is 10.1 Å². The molecule has 1 aromatic carbocycles. The van der Waals surface area contributed by atoms with Gasteiger partial charge in [0.1, 0.15) is 11.9 Å². The number of fused-ring (bicyclic) bond motifs is 1. The molecule has 0 radical (unpaired) electrons. The van der Waals surface area contributed by atoms with Crippen molar-refractivity contribution in [1.82, 2.24) is 9.88 Å². The summed E-state index contributed by atoms with van der Waals surface area (Å²) in [5.41, 5.74) is 3.10. The molecule has 2 aromatic rings. The van der Waals surface area contributed by atoms with E-state index in [1.165, 1.54) is 11.8 Å². The van der Waals surface area contributed by atoms with Crippen LogP contribution in [0.5, 0.6) is 5.75 Å². The van der Waals surface area contributed by atoms with Crippen LogP contribution in [0, 0.1) is 10.1 Å². The molecule has 0 saturated heterocycles. The highest BCUT2D eigenvalue weighted by atomic mass is 16.6. The van der Waals surface area contributed by atoms with E-state index in [1.54, 1.807) is 13.2 Å². The van der Waals surface area contributed by atoms with Crippen molar-refractivity contribution >= 4 is 5.69 Å². The summed E-state index contributed by atoms with van der Waals surface area (Å²) >= 11 is 0. The Morgan fingerprint density at radius 2 is 2.10 bits per heavy atom. The van der Waals surface area contributed by atoms with Crippen molar-refractivity contribution in [2.24, 2.45) is 0 Å². The minimum atomic E-state index is -0.403. The van der Waals surface area contributed by atoms with Gasteiger partial charge in [0.2, 0.25) is 0 Å². The second-order valence-corrected chi connectivity index (χ2v) is 5.05. The Bertz CT molecular complexity index is 670. The summed E-state index contributed by atoms with van der Waals surface area (Å²) in [6.45, 7) is 2.20. The zero-order valence-electron chi connectivity index (χ0n) is 11.7. The summed E-state index contributed by atoms with van der Waals surface area (Å²) in [6, 6.07) is 9.54. The minimum absolute atomic E-state index is 0.0556. The van der Waals surface area contributed by atoms with Crippen LogP contribution in [-0.4, -0.2) is 21.9 Å². The van der Waals surface area contributed by atoms with Gasteiger partial charge in [-0.3, -0.25) is 20.0 Å². The first-order chi connectivity index (χ1) is 10.2. The van der Waals surface area contributed by atoms with Crippen molar-refractivity contribution < 1.29 is 9.66 Å². The lowest BCUT2D eigenvalue weighted by Crippen LogP contribution is -2.15. The third kappa shape index (κ3) is 2.85. The van der Waals surface area contributed by atoms with Gasteiger partial charge < -0.3 is 4.74 Å². The normalized spacial score (nSPS) is 14.0. The lowest BCUT2D eigenvalue weighted by atomic mass is 10.2. The van der Waals surface area contributed by atoms with E-state index in [-0.39, 0.29) is 5.69 Å². The van der Waals surface area contributed by atoms with Gasteiger partial charge in [-0.25, -0.2) is 0 Å². The Morgan fingerprint density at radius 3 is 2.76 bits per heavy atom. The Hall–Kier alpha value is -2.47. The van der Waals surface area contributed by atoms with Gasteiger partial charge in [-0.1, -0.05) is 12.1 Å². The smallest absolute Gasteiger partial charge is 0.287 e. The topological polar surface area (TPSA) is 68.5 Å². The predicted octanol–water partition coefficient (Wildman–Crippen LogP) is 2.51. The molecule has 21 heavy (non-hydrogen) atoms. The number of nitrogens with zero attached hydrogens (tertiary/aromatic N) is 3. The van der Waals surface area contributed by atoms with Crippen LogP contribution in [0.4, 0.5) is 5.69 Å². The van der Waals surface area contributed by atoms with Crippen LogP contribution < -0.4 is 4.74 Å². The van der Waals surface area contributed by atoms with E-state index in [0.29, 0.717) is 6.54 Å². The average Bonchev–Trinajstić information content (AvgIpc) is 2.89. The van der Waals surface area contributed by atoms with E-state index < -0.39 is 4.92 Å². The lowest BCUT2D eigenvalue weighted by Gasteiger charge is -2.14. The zero-order chi connectivity index (χ0) is 14.8. The molecular formula is C15H15N3O3. The van der Waals surface area contributed by atoms with Crippen LogP contribution in [0.2, 0.25) is 0 Å². The summed E-state index contributed by atoms with van der Waals surface area (Å²) < 4.78 is 5.14. The van der Waals surface area contributed by atoms with Crippen LogP contribution >= 0.6 is 0 Å². The van der Waals surface area contributed by atoms with Gasteiger partial charge in [-0.15, -0.1) is 0 Å². The first-order valence-corrected chi connectivity index (χ1v) is 6.63. The summed E-state index contributed by atoms with van der Waals surface area (Å²) in [7, 11) is 1.64. The molecule has 3 rings (SSSR count). The van der Waals surface area contributed by atoms with Crippen LogP contribution in [0.25, 0.3) is 0 Å². The molecule has 1 aromatic heterocycles. The quantitative estimate of drug-likeness (QED) is 0.637. The number of hydrogen-bond acceptors (Lipinski definition) is 5. The van der Waals surface area contributed by atoms with Gasteiger partial charge >= 0.3 is 0 Å². The molecule has 0 aliphatic carbocycles. The Morgan fingerprint density at radius 1 is 1.33 bits per heavy atom. The van der Waals surface area contributed by atoms with Crippen LogP contribution in [0.1, 0.15) is 16.8 Å². The van der Waals surface area contributed by atoms with Crippen molar-refractivity contribution in [2.45, 2.75) is 19.6 Å². The number of methoxy groups -OCH3 is 1. The summed E-state index contributed by atoms with van der Waals surface area (Å²) in [5.74, 6) is 0.834. The molecule has 1 aliphatic rings. The molecule has 108 valence electrons. The Labute approximate surface area is 122 Å². The third-order valence-electron chi connectivity index (χ3n) is 3.59. The molecule has 1 aliphatic heterocycles. The molecule has 0 bridgehead atoms. The van der Waals surface area contributed by atoms with Gasteiger partial charge in [-0.2, -0.15) is 0 Å². The SMILES string of the molecule is COc1ccc(CN2Cc3cc([N+](=O)[O-])cnc3C2)cc1. The summed E-state index contributed by atoms with van der Waals surface area (Å²) in [6.07, 6.45) is 1.33. The standard InChI is InChI=1S/C15H15N3O3/c1-21-14-4-2-11(3-5-14)8-17-9-12-6-13(18(19)20)7-16-15(12)10-17/h2-7H,8-10H2,1H3. The number of hydrogen-bond donors (Lipinski definition) is 0. The van der Waals surface area contributed by atoms with Crippen molar-refractivity contribution in [3.05, 3.63) is 63.5 Å². The highest BCUT2D eigenvalue weighted by Gasteiger charge is 2.22. The molecule has 0 N–H and O–H groups in total. The number of ether oxygens (including phenoxy) is 1. The maximum Gasteiger partial charge on any atom is 0.287 e. The zero-order valence-corrected chi connectivity index (χ0v) is 11.7. The van der Waals surface area contributed by atoms with E-state index >= 15 is 0 Å². The second kappa shape index (κ2) is 5.49. The van der Waals surface area contributed by atoms with Gasteiger partial charge in [0.05, 0.1) is 17.7 Å². The summed E-state index contributed by atoms with van der Waals surface area (Å²) in [5, 5.41) is 10.8. The van der Waals surface area contributed by atoms with Crippen molar-refractivity contribution in [3.8, 4) is 5.75 Å². The predicted molar refractivity (Wildman–Crippen MR) is 76.8 cm³/mol. The van der Waals surface area contributed by atoms with Gasteiger partial charge in [0.25, 0.3) is 5.69 Å². The van der Waals surface area contributed by atoms with E-state index in [1.807, 2.05) is 24.3 Å². The number of nitro groups is 1. The monoisotopic (exact) mass is 285 g/mol. The fraction of sp³-hybridized carbons (Fsp3) is 0.267. The van der Waals surface area contributed by atoms with Gasteiger partial charge in [0.15, 0.2) is 0 Å². The second-order valence-electron chi connectivity index (χ2n) is 5.05. The van der Waals surface area contributed by atoms with Crippen molar-refractivity contribution in [3.63, 3.8) is 0 Å². The average molecular weight is 285 g/mol. The largest absolute Gasteiger partial charge is 0.497 e. The molecule has 0 saturated carbocycles. The van der Waals surface area contributed by atoms with E-state index in [2.05, 4.69) is 9.88 Å². The van der Waals surface area contributed by atoms with Crippen molar-refractivity contribution in [1.29, 1.82) is 0 Å². The number of pyridine rings is 1. The lowest BCUT2D eigenvalue weighted by molar-refractivity contribution is -0.385. The van der Waals surface area contributed by atoms with Crippen LogP contribution in [-0.2, 0) is 19.6 Å². The highest BCUT2D eigenvalue weighted by Crippen LogP contribution is 2.26. The fourth-order valence-corrected chi connectivity index (χ4v) is 2.51. The molecule has 2 heterocycles. The van der Waals surface area contributed by atoms with Gasteiger partial charge in [-0.05, 0) is 23.3 Å². The fourth-order valence-electron chi connectivity index (χ4n) is 2.51. The highest BCUT2D eigenvalue weighted by molar-refractivity contribution is 5.36. The van der Waals surface area contributed by atoms with Crippen LogP contribution in [0.3, 0.4) is 0 Å². The van der Waals surface area contributed by atoms with Crippen molar-refractivity contribution in [2.75, 3.05) is 7.11 Å². The maximum atomic E-state index is 10.8. The Balaban J connectivity index is 1.70.